The topological polar surface area (TPSA) is 50.7 Å². The van der Waals surface area contributed by atoms with Crippen molar-refractivity contribution in [3.8, 4) is 5.75 Å². The first-order chi connectivity index (χ1) is 12.1. The second-order valence-corrected chi connectivity index (χ2v) is 5.90. The van der Waals surface area contributed by atoms with Gasteiger partial charge in [-0.3, -0.25) is 4.79 Å². The van der Waals surface area contributed by atoms with Crippen molar-refractivity contribution >= 4 is 34.5 Å². The van der Waals surface area contributed by atoms with Crippen molar-refractivity contribution < 1.29 is 9.53 Å². The van der Waals surface area contributed by atoms with Gasteiger partial charge in [0.05, 0.1) is 6.21 Å². The lowest BCUT2D eigenvalue weighted by Crippen LogP contribution is -2.33. The number of nitrogens with zero attached hydrogens (tertiary/aromatic N) is 1. The highest BCUT2D eigenvalue weighted by atomic mass is 35.5. The fraction of sp³-hybridized carbons (Fsp3) is 0.100. The quantitative estimate of drug-likeness (QED) is 0.546. The van der Waals surface area contributed by atoms with E-state index >= 15 is 0 Å². The maximum absolute atomic E-state index is 12.2. The zero-order valence-electron chi connectivity index (χ0n) is 13.6. The Hall–Kier alpha value is -2.85. The fourth-order valence-electron chi connectivity index (χ4n) is 2.38. The number of hydrazone groups is 1. The standard InChI is InChI=1S/C20H17ClN2O2/c1-14(20(24)23-22-13-16-8-3-5-11-18(16)21)25-19-12-6-9-15-7-2-4-10-17(15)19/h2-14H,1H3,(H,23,24)/b22-13-/t14-/m0/s1. The Bertz CT molecular complexity index is 919. The molecule has 5 heteroatoms. The molecule has 0 saturated carbocycles. The average Bonchev–Trinajstić information content (AvgIpc) is 2.63. The summed E-state index contributed by atoms with van der Waals surface area (Å²) in [4.78, 5) is 12.2. The Morgan fingerprint density at radius 2 is 1.80 bits per heavy atom. The van der Waals surface area contributed by atoms with Gasteiger partial charge in [0, 0.05) is 16.0 Å². The lowest BCUT2D eigenvalue weighted by Gasteiger charge is -2.14. The van der Waals surface area contributed by atoms with Crippen LogP contribution in [0.4, 0.5) is 0 Å². The first-order valence-electron chi connectivity index (χ1n) is 7.87. The van der Waals surface area contributed by atoms with Gasteiger partial charge in [0.25, 0.3) is 5.91 Å². The average molecular weight is 353 g/mol. The van der Waals surface area contributed by atoms with Gasteiger partial charge in [0.1, 0.15) is 5.75 Å². The highest BCUT2D eigenvalue weighted by Gasteiger charge is 2.15. The van der Waals surface area contributed by atoms with E-state index in [1.54, 1.807) is 13.0 Å². The summed E-state index contributed by atoms with van der Waals surface area (Å²) in [6, 6.07) is 20.9. The normalized spacial score (nSPS) is 12.2. The molecule has 0 radical (unpaired) electrons. The molecule has 3 aromatic carbocycles. The van der Waals surface area contributed by atoms with Crippen LogP contribution in [0.25, 0.3) is 10.8 Å². The number of hydrogen-bond acceptors (Lipinski definition) is 3. The second kappa shape index (κ2) is 7.81. The highest BCUT2D eigenvalue weighted by Crippen LogP contribution is 2.26. The number of halogens is 1. The van der Waals surface area contributed by atoms with E-state index < -0.39 is 6.10 Å². The van der Waals surface area contributed by atoms with Crippen LogP contribution < -0.4 is 10.2 Å². The fourth-order valence-corrected chi connectivity index (χ4v) is 2.56. The molecule has 3 aromatic rings. The van der Waals surface area contributed by atoms with E-state index in [1.165, 1.54) is 6.21 Å². The molecule has 1 atom stereocenters. The Balaban J connectivity index is 1.65. The molecule has 0 bridgehead atoms. The van der Waals surface area contributed by atoms with E-state index in [2.05, 4.69) is 10.5 Å². The van der Waals surface area contributed by atoms with E-state index in [4.69, 9.17) is 16.3 Å². The maximum atomic E-state index is 12.2. The zero-order valence-corrected chi connectivity index (χ0v) is 14.4. The molecule has 0 aromatic heterocycles. The molecular formula is C20H17ClN2O2. The van der Waals surface area contributed by atoms with Crippen LogP contribution >= 0.6 is 11.6 Å². The van der Waals surface area contributed by atoms with Crippen molar-refractivity contribution in [1.82, 2.24) is 5.43 Å². The third-order valence-corrected chi connectivity index (χ3v) is 4.05. The molecule has 0 heterocycles. The predicted molar refractivity (Wildman–Crippen MR) is 101 cm³/mol. The van der Waals surface area contributed by atoms with Crippen molar-refractivity contribution in [2.24, 2.45) is 5.10 Å². The predicted octanol–water partition coefficient (Wildman–Crippen LogP) is 4.41. The number of carbonyl (C=O) groups excluding carboxylic acids is 1. The van der Waals surface area contributed by atoms with Crippen molar-refractivity contribution in [1.29, 1.82) is 0 Å². The van der Waals surface area contributed by atoms with Gasteiger partial charge in [-0.2, -0.15) is 5.10 Å². The van der Waals surface area contributed by atoms with Gasteiger partial charge in [0.15, 0.2) is 6.10 Å². The van der Waals surface area contributed by atoms with Gasteiger partial charge < -0.3 is 4.74 Å². The summed E-state index contributed by atoms with van der Waals surface area (Å²) >= 11 is 6.04. The lowest BCUT2D eigenvalue weighted by atomic mass is 10.1. The van der Waals surface area contributed by atoms with E-state index in [9.17, 15) is 4.79 Å². The largest absolute Gasteiger partial charge is 0.480 e. The van der Waals surface area contributed by atoms with Gasteiger partial charge in [-0.25, -0.2) is 5.43 Å². The summed E-state index contributed by atoms with van der Waals surface area (Å²) in [7, 11) is 0. The van der Waals surface area contributed by atoms with E-state index in [1.807, 2.05) is 60.7 Å². The van der Waals surface area contributed by atoms with Crippen molar-refractivity contribution in [2.75, 3.05) is 0 Å². The Kier molecular flexibility index (Phi) is 5.31. The van der Waals surface area contributed by atoms with E-state index in [0.717, 1.165) is 16.3 Å². The molecule has 0 unspecified atom stereocenters. The van der Waals surface area contributed by atoms with Crippen molar-refractivity contribution in [2.45, 2.75) is 13.0 Å². The first kappa shape index (κ1) is 17.0. The molecule has 0 saturated heterocycles. The highest BCUT2D eigenvalue weighted by molar-refractivity contribution is 6.33. The van der Waals surface area contributed by atoms with Crippen LogP contribution in [0.15, 0.2) is 71.8 Å². The SMILES string of the molecule is C[C@H](Oc1cccc2ccccc12)C(=O)N/N=C\c1ccccc1Cl. The number of amides is 1. The minimum Gasteiger partial charge on any atom is -0.480 e. The molecule has 0 fully saturated rings. The third kappa shape index (κ3) is 4.17. The van der Waals surface area contributed by atoms with Crippen LogP contribution in [0.2, 0.25) is 5.02 Å². The number of ether oxygens (including phenoxy) is 1. The van der Waals surface area contributed by atoms with Crippen LogP contribution in [-0.4, -0.2) is 18.2 Å². The first-order valence-corrected chi connectivity index (χ1v) is 8.25. The van der Waals surface area contributed by atoms with Crippen LogP contribution in [-0.2, 0) is 4.79 Å². The summed E-state index contributed by atoms with van der Waals surface area (Å²) < 4.78 is 5.80. The number of rotatable bonds is 5. The zero-order chi connectivity index (χ0) is 17.6. The number of nitrogens with one attached hydrogen (secondary N) is 1. The molecule has 25 heavy (non-hydrogen) atoms. The molecule has 1 amide bonds. The van der Waals surface area contributed by atoms with Gasteiger partial charge in [-0.05, 0) is 24.4 Å². The Morgan fingerprint density at radius 1 is 1.08 bits per heavy atom. The van der Waals surface area contributed by atoms with Crippen LogP contribution in [0.5, 0.6) is 5.75 Å². The lowest BCUT2D eigenvalue weighted by molar-refractivity contribution is -0.127. The summed E-state index contributed by atoms with van der Waals surface area (Å²) in [5.41, 5.74) is 3.20. The van der Waals surface area contributed by atoms with Gasteiger partial charge in [0.2, 0.25) is 0 Å². The van der Waals surface area contributed by atoms with Crippen LogP contribution in [0.1, 0.15) is 12.5 Å². The van der Waals surface area contributed by atoms with Crippen molar-refractivity contribution in [3.63, 3.8) is 0 Å². The second-order valence-electron chi connectivity index (χ2n) is 5.49. The summed E-state index contributed by atoms with van der Waals surface area (Å²) in [5.74, 6) is 0.326. The monoisotopic (exact) mass is 352 g/mol. The van der Waals surface area contributed by atoms with Crippen LogP contribution in [0, 0.1) is 0 Å². The number of fused-ring (bicyclic) bond motifs is 1. The maximum Gasteiger partial charge on any atom is 0.280 e. The summed E-state index contributed by atoms with van der Waals surface area (Å²) in [6.07, 6.45) is 0.819. The molecular weight excluding hydrogens is 336 g/mol. The molecule has 0 spiro atoms. The summed E-state index contributed by atoms with van der Waals surface area (Å²) in [6.45, 7) is 1.68. The molecule has 0 aliphatic heterocycles. The molecule has 1 N–H and O–H groups in total. The smallest absolute Gasteiger partial charge is 0.280 e. The molecule has 0 aliphatic carbocycles. The molecule has 0 aliphatic rings. The van der Waals surface area contributed by atoms with E-state index in [-0.39, 0.29) is 5.91 Å². The Labute approximate surface area is 151 Å². The summed E-state index contributed by atoms with van der Waals surface area (Å²) in [5, 5.41) is 6.53. The van der Waals surface area contributed by atoms with Gasteiger partial charge in [-0.15, -0.1) is 0 Å². The third-order valence-electron chi connectivity index (χ3n) is 3.71. The molecule has 4 nitrogen and oxygen atoms in total. The van der Waals surface area contributed by atoms with E-state index in [0.29, 0.717) is 10.8 Å². The van der Waals surface area contributed by atoms with Crippen LogP contribution in [0.3, 0.4) is 0 Å². The molecule has 3 rings (SSSR count). The number of benzene rings is 3. The Morgan fingerprint density at radius 3 is 2.64 bits per heavy atom. The number of carbonyl (C=O) groups is 1. The van der Waals surface area contributed by atoms with Gasteiger partial charge >= 0.3 is 0 Å². The molecule has 126 valence electrons. The minimum absolute atomic E-state index is 0.337. The minimum atomic E-state index is -0.686. The number of hydrogen-bond donors (Lipinski definition) is 1. The van der Waals surface area contributed by atoms with Gasteiger partial charge in [-0.1, -0.05) is 66.2 Å². The van der Waals surface area contributed by atoms with Crippen molar-refractivity contribution in [3.05, 3.63) is 77.3 Å².